The summed E-state index contributed by atoms with van der Waals surface area (Å²) in [4.78, 5) is 12.2. The largest absolute Gasteiger partial charge is 0.308 e. The highest BCUT2D eigenvalue weighted by atomic mass is 19.1. The van der Waals surface area contributed by atoms with Crippen molar-refractivity contribution in [3.05, 3.63) is 70.2 Å². The normalized spacial score (nSPS) is 10.6. The molecule has 98 valence electrons. The molecule has 0 aliphatic carbocycles. The Hall–Kier alpha value is -2.94. The molecule has 0 N–H and O–H groups in total. The number of rotatable bonds is 2. The summed E-state index contributed by atoms with van der Waals surface area (Å²) in [6.45, 7) is 0.0713. The molecule has 3 rings (SSSR count). The van der Waals surface area contributed by atoms with Gasteiger partial charge in [-0.05, 0) is 12.1 Å². The molecular weight excluding hydrogens is 259 g/mol. The number of halogens is 1. The Balaban J connectivity index is 2.08. The number of fused-ring (bicyclic) bond motifs is 1. The number of hydrogen-bond donors (Lipinski definition) is 0. The third kappa shape index (κ3) is 1.86. The third-order valence-corrected chi connectivity index (χ3v) is 3.08. The lowest BCUT2D eigenvalue weighted by atomic mass is 10.1. The number of nitriles is 1. The lowest BCUT2D eigenvalue weighted by Gasteiger charge is -2.08. The predicted octanol–water partition coefficient (Wildman–Crippen LogP) is 1.56. The fourth-order valence-corrected chi connectivity index (χ4v) is 2.06. The zero-order valence-electron chi connectivity index (χ0n) is 10.3. The van der Waals surface area contributed by atoms with Crippen LogP contribution >= 0.6 is 0 Å². The van der Waals surface area contributed by atoms with Gasteiger partial charge in [-0.2, -0.15) is 10.4 Å². The van der Waals surface area contributed by atoms with E-state index < -0.39 is 5.82 Å². The molecule has 0 unspecified atom stereocenters. The van der Waals surface area contributed by atoms with Gasteiger partial charge >= 0.3 is 0 Å². The molecule has 6 heteroatoms. The molecule has 2 heterocycles. The summed E-state index contributed by atoms with van der Waals surface area (Å²) in [7, 11) is 0. The van der Waals surface area contributed by atoms with Crippen molar-refractivity contribution >= 4 is 5.52 Å². The number of benzene rings is 1. The van der Waals surface area contributed by atoms with Crippen molar-refractivity contribution in [1.82, 2.24) is 14.2 Å². The van der Waals surface area contributed by atoms with E-state index in [9.17, 15) is 9.18 Å². The summed E-state index contributed by atoms with van der Waals surface area (Å²) in [6, 6.07) is 7.94. The zero-order valence-corrected chi connectivity index (χ0v) is 10.3. The number of aromatic nitrogens is 3. The van der Waals surface area contributed by atoms with Crippen LogP contribution < -0.4 is 5.56 Å². The third-order valence-electron chi connectivity index (χ3n) is 3.08. The van der Waals surface area contributed by atoms with Gasteiger partial charge in [-0.25, -0.2) is 8.91 Å². The van der Waals surface area contributed by atoms with E-state index in [-0.39, 0.29) is 17.7 Å². The van der Waals surface area contributed by atoms with Crippen LogP contribution in [0.3, 0.4) is 0 Å². The van der Waals surface area contributed by atoms with Gasteiger partial charge in [0, 0.05) is 18.0 Å². The van der Waals surface area contributed by atoms with E-state index in [2.05, 4.69) is 5.10 Å². The summed E-state index contributed by atoms with van der Waals surface area (Å²) >= 11 is 0. The maximum atomic E-state index is 14.0. The van der Waals surface area contributed by atoms with E-state index in [0.29, 0.717) is 11.1 Å². The first-order valence-electron chi connectivity index (χ1n) is 5.91. The van der Waals surface area contributed by atoms with Crippen LogP contribution in [0.5, 0.6) is 0 Å². The number of hydrogen-bond acceptors (Lipinski definition) is 3. The standard InChI is InChI=1S/C14H9FN4O/c15-13-10(8-16)2-1-3-11(13)9-18-6-7-19-12(14(18)20)4-5-17-19/h1-7H,9H2. The quantitative estimate of drug-likeness (QED) is 0.708. The minimum atomic E-state index is -0.588. The van der Waals surface area contributed by atoms with Gasteiger partial charge in [0.15, 0.2) is 0 Å². The SMILES string of the molecule is N#Cc1cccc(Cn2ccn3nccc3c2=O)c1F. The molecule has 0 aliphatic rings. The van der Waals surface area contributed by atoms with Crippen LogP contribution in [-0.2, 0) is 6.54 Å². The summed E-state index contributed by atoms with van der Waals surface area (Å²) in [6.07, 6.45) is 4.70. The first-order chi connectivity index (χ1) is 9.70. The predicted molar refractivity (Wildman–Crippen MR) is 69.7 cm³/mol. The highest BCUT2D eigenvalue weighted by Crippen LogP contribution is 2.13. The highest BCUT2D eigenvalue weighted by molar-refractivity contribution is 5.42. The van der Waals surface area contributed by atoms with E-state index in [1.54, 1.807) is 36.7 Å². The molecule has 0 spiro atoms. The second kappa shape index (κ2) is 4.63. The van der Waals surface area contributed by atoms with Crippen molar-refractivity contribution in [2.45, 2.75) is 6.54 Å². The van der Waals surface area contributed by atoms with Crippen LogP contribution in [0, 0.1) is 17.1 Å². The molecule has 0 saturated heterocycles. The lowest BCUT2D eigenvalue weighted by molar-refractivity contribution is 0.592. The first kappa shape index (κ1) is 12.1. The molecule has 3 aromatic rings. The van der Waals surface area contributed by atoms with Gasteiger partial charge in [-0.15, -0.1) is 0 Å². The fourth-order valence-electron chi connectivity index (χ4n) is 2.06. The van der Waals surface area contributed by atoms with E-state index in [1.165, 1.54) is 21.3 Å². The molecular formula is C14H9FN4O. The van der Waals surface area contributed by atoms with Crippen LogP contribution in [0.15, 0.2) is 47.7 Å². The lowest BCUT2D eigenvalue weighted by Crippen LogP contribution is -2.22. The van der Waals surface area contributed by atoms with Gasteiger partial charge in [0.1, 0.15) is 17.4 Å². The van der Waals surface area contributed by atoms with Gasteiger partial charge in [-0.3, -0.25) is 4.79 Å². The Bertz CT molecular complexity index is 888. The maximum absolute atomic E-state index is 14.0. The van der Waals surface area contributed by atoms with E-state index in [0.717, 1.165) is 0 Å². The Kier molecular flexibility index (Phi) is 2.80. The van der Waals surface area contributed by atoms with Crippen LogP contribution in [0.4, 0.5) is 4.39 Å². The molecule has 5 nitrogen and oxygen atoms in total. The molecule has 0 bridgehead atoms. The minimum Gasteiger partial charge on any atom is -0.308 e. The van der Waals surface area contributed by atoms with Gasteiger partial charge in [0.25, 0.3) is 5.56 Å². The molecule has 0 atom stereocenters. The van der Waals surface area contributed by atoms with Gasteiger partial charge in [0.05, 0.1) is 18.3 Å². The van der Waals surface area contributed by atoms with Crippen LogP contribution in [0.25, 0.3) is 5.52 Å². The molecule has 0 amide bonds. The van der Waals surface area contributed by atoms with Crippen LogP contribution in [0.2, 0.25) is 0 Å². The molecule has 2 aromatic heterocycles. The van der Waals surface area contributed by atoms with Crippen molar-refractivity contribution < 1.29 is 4.39 Å². The van der Waals surface area contributed by atoms with Crippen LogP contribution in [-0.4, -0.2) is 14.2 Å². The number of nitrogens with zero attached hydrogens (tertiary/aromatic N) is 4. The van der Waals surface area contributed by atoms with Gasteiger partial charge in [-0.1, -0.05) is 12.1 Å². The Labute approximate surface area is 113 Å². The molecule has 0 fully saturated rings. The second-order valence-electron chi connectivity index (χ2n) is 4.28. The van der Waals surface area contributed by atoms with E-state index in [1.807, 2.05) is 0 Å². The smallest absolute Gasteiger partial charge is 0.276 e. The zero-order chi connectivity index (χ0) is 14.1. The topological polar surface area (TPSA) is 63.1 Å². The summed E-state index contributed by atoms with van der Waals surface area (Å²) in [5, 5.41) is 12.8. The van der Waals surface area contributed by atoms with Gasteiger partial charge < -0.3 is 4.57 Å². The summed E-state index contributed by atoms with van der Waals surface area (Å²) in [5.41, 5.74) is 0.437. The van der Waals surface area contributed by atoms with Gasteiger partial charge in [0.2, 0.25) is 0 Å². The molecule has 0 saturated carbocycles. The minimum absolute atomic E-state index is 0.0269. The Morgan fingerprint density at radius 3 is 2.95 bits per heavy atom. The first-order valence-corrected chi connectivity index (χ1v) is 5.91. The molecule has 0 radical (unpaired) electrons. The average Bonchev–Trinajstić information content (AvgIpc) is 2.93. The van der Waals surface area contributed by atoms with E-state index in [4.69, 9.17) is 5.26 Å². The molecule has 20 heavy (non-hydrogen) atoms. The van der Waals surface area contributed by atoms with Crippen molar-refractivity contribution in [3.8, 4) is 6.07 Å². The fraction of sp³-hybridized carbons (Fsp3) is 0.0714. The monoisotopic (exact) mass is 268 g/mol. The average molecular weight is 268 g/mol. The highest BCUT2D eigenvalue weighted by Gasteiger charge is 2.10. The summed E-state index contributed by atoms with van der Waals surface area (Å²) in [5.74, 6) is -0.588. The second-order valence-corrected chi connectivity index (χ2v) is 4.28. The molecule has 0 aliphatic heterocycles. The van der Waals surface area contributed by atoms with Crippen molar-refractivity contribution in [2.24, 2.45) is 0 Å². The Morgan fingerprint density at radius 2 is 2.15 bits per heavy atom. The van der Waals surface area contributed by atoms with Crippen molar-refractivity contribution in [3.63, 3.8) is 0 Å². The summed E-state index contributed by atoms with van der Waals surface area (Å²) < 4.78 is 16.8. The molecule has 1 aromatic carbocycles. The maximum Gasteiger partial charge on any atom is 0.276 e. The van der Waals surface area contributed by atoms with Crippen molar-refractivity contribution in [1.29, 1.82) is 5.26 Å². The van der Waals surface area contributed by atoms with Crippen molar-refractivity contribution in [2.75, 3.05) is 0 Å². The van der Waals surface area contributed by atoms with Crippen LogP contribution in [0.1, 0.15) is 11.1 Å². The van der Waals surface area contributed by atoms with E-state index >= 15 is 0 Å². The Morgan fingerprint density at radius 1 is 1.30 bits per heavy atom.